The summed E-state index contributed by atoms with van der Waals surface area (Å²) >= 11 is 1.15. The van der Waals surface area contributed by atoms with E-state index >= 15 is 0 Å². The van der Waals surface area contributed by atoms with Crippen LogP contribution in [0.2, 0.25) is 0 Å². The van der Waals surface area contributed by atoms with Crippen molar-refractivity contribution in [2.24, 2.45) is 0 Å². The van der Waals surface area contributed by atoms with Crippen LogP contribution in [0, 0.1) is 0 Å². The Balaban J connectivity index is 1.36. The number of carbonyl (C=O) groups excluding carboxylic acids is 2. The smallest absolute Gasteiger partial charge is 0.262 e. The molecule has 0 spiro atoms. The number of amides is 2. The van der Waals surface area contributed by atoms with Gasteiger partial charge in [-0.15, -0.1) is 0 Å². The second-order valence-electron chi connectivity index (χ2n) is 9.66. The van der Waals surface area contributed by atoms with Crippen molar-refractivity contribution >= 4 is 40.2 Å². The van der Waals surface area contributed by atoms with Gasteiger partial charge in [0.05, 0.1) is 50.8 Å². The molecular weight excluding hydrogens is 584 g/mol. The standard InChI is InChI=1S/C32H36N4O7S/c1-40-22-12-13-25(27(19-22)42-3)34-30(38)20-44-32-35-24-9-6-5-8-23(24)31(39)36(32)17-7-10-29(37)33-16-15-21-11-14-26(41-2)28(18-21)43-4/h5-6,8-9,11-14,18-19H,7,10,15-17,20H2,1-4H3,(H,33,37)(H,34,38). The number of anilines is 1. The van der Waals surface area contributed by atoms with Crippen molar-refractivity contribution in [3.05, 3.63) is 76.6 Å². The van der Waals surface area contributed by atoms with Gasteiger partial charge in [0.1, 0.15) is 11.5 Å². The Hall–Kier alpha value is -4.71. The first-order valence-electron chi connectivity index (χ1n) is 14.0. The molecule has 0 atom stereocenters. The largest absolute Gasteiger partial charge is 0.497 e. The Morgan fingerprint density at radius 1 is 0.864 bits per heavy atom. The zero-order valence-electron chi connectivity index (χ0n) is 25.2. The van der Waals surface area contributed by atoms with Gasteiger partial charge in [0, 0.05) is 25.6 Å². The summed E-state index contributed by atoms with van der Waals surface area (Å²) in [5, 5.41) is 6.64. The van der Waals surface area contributed by atoms with Crippen molar-refractivity contribution < 1.29 is 28.5 Å². The molecule has 0 fully saturated rings. The highest BCUT2D eigenvalue weighted by molar-refractivity contribution is 7.99. The van der Waals surface area contributed by atoms with Gasteiger partial charge in [0.25, 0.3) is 5.56 Å². The van der Waals surface area contributed by atoms with Crippen LogP contribution in [0.1, 0.15) is 18.4 Å². The minimum Gasteiger partial charge on any atom is -0.497 e. The van der Waals surface area contributed by atoms with E-state index in [1.54, 1.807) is 57.7 Å². The first-order valence-corrected chi connectivity index (χ1v) is 15.0. The highest BCUT2D eigenvalue weighted by Gasteiger charge is 2.15. The van der Waals surface area contributed by atoms with Crippen LogP contribution in [0.3, 0.4) is 0 Å². The second-order valence-corrected chi connectivity index (χ2v) is 10.6. The number of ether oxygens (including phenoxy) is 4. The summed E-state index contributed by atoms with van der Waals surface area (Å²) in [5.74, 6) is 1.95. The monoisotopic (exact) mass is 620 g/mol. The van der Waals surface area contributed by atoms with Gasteiger partial charge in [-0.2, -0.15) is 0 Å². The Labute approximate surface area is 259 Å². The van der Waals surface area contributed by atoms with Crippen LogP contribution in [-0.2, 0) is 22.6 Å². The van der Waals surface area contributed by atoms with Crippen molar-refractivity contribution in [1.82, 2.24) is 14.9 Å². The summed E-state index contributed by atoms with van der Waals surface area (Å²) in [6.07, 6.45) is 1.28. The van der Waals surface area contributed by atoms with E-state index in [4.69, 9.17) is 18.9 Å². The summed E-state index contributed by atoms with van der Waals surface area (Å²) in [6, 6.07) is 17.8. The molecule has 232 valence electrons. The lowest BCUT2D eigenvalue weighted by Gasteiger charge is -2.14. The molecule has 0 aliphatic carbocycles. The maximum Gasteiger partial charge on any atom is 0.262 e. The van der Waals surface area contributed by atoms with Crippen molar-refractivity contribution in [2.75, 3.05) is 46.1 Å². The normalized spacial score (nSPS) is 10.7. The minimum absolute atomic E-state index is 0.0105. The van der Waals surface area contributed by atoms with Crippen LogP contribution in [0.25, 0.3) is 10.9 Å². The van der Waals surface area contributed by atoms with Gasteiger partial charge in [-0.05, 0) is 54.8 Å². The molecule has 12 heteroatoms. The Bertz CT molecular complexity index is 1670. The molecule has 0 bridgehead atoms. The molecule has 1 aromatic heterocycles. The predicted octanol–water partition coefficient (Wildman–Crippen LogP) is 4.30. The molecule has 0 aliphatic heterocycles. The molecule has 0 radical (unpaired) electrons. The third-order valence-electron chi connectivity index (χ3n) is 6.81. The highest BCUT2D eigenvalue weighted by Crippen LogP contribution is 2.30. The highest BCUT2D eigenvalue weighted by atomic mass is 32.2. The van der Waals surface area contributed by atoms with Gasteiger partial charge >= 0.3 is 0 Å². The van der Waals surface area contributed by atoms with Gasteiger partial charge < -0.3 is 29.6 Å². The molecule has 4 aromatic rings. The van der Waals surface area contributed by atoms with E-state index < -0.39 is 0 Å². The average Bonchev–Trinajstić information content (AvgIpc) is 3.05. The fraction of sp³-hybridized carbons (Fsp3) is 0.312. The number of thioether (sulfide) groups is 1. The molecule has 11 nitrogen and oxygen atoms in total. The topological polar surface area (TPSA) is 130 Å². The van der Waals surface area contributed by atoms with Gasteiger partial charge in [-0.3, -0.25) is 19.0 Å². The van der Waals surface area contributed by atoms with E-state index in [0.717, 1.165) is 17.3 Å². The van der Waals surface area contributed by atoms with Crippen LogP contribution in [0.15, 0.2) is 70.6 Å². The number of aromatic nitrogens is 2. The fourth-order valence-corrected chi connectivity index (χ4v) is 5.37. The number of benzene rings is 3. The van der Waals surface area contributed by atoms with E-state index in [1.165, 1.54) is 11.7 Å². The van der Waals surface area contributed by atoms with E-state index in [2.05, 4.69) is 15.6 Å². The molecule has 2 amide bonds. The van der Waals surface area contributed by atoms with Gasteiger partial charge in [0.2, 0.25) is 11.8 Å². The molecule has 0 unspecified atom stereocenters. The second kappa shape index (κ2) is 15.7. The van der Waals surface area contributed by atoms with Gasteiger partial charge in [-0.25, -0.2) is 4.98 Å². The lowest BCUT2D eigenvalue weighted by atomic mass is 10.1. The third-order valence-corrected chi connectivity index (χ3v) is 7.79. The minimum atomic E-state index is -0.290. The van der Waals surface area contributed by atoms with Crippen molar-refractivity contribution in [3.63, 3.8) is 0 Å². The lowest BCUT2D eigenvalue weighted by molar-refractivity contribution is -0.121. The number of rotatable bonds is 15. The number of methoxy groups -OCH3 is 4. The van der Waals surface area contributed by atoms with Crippen LogP contribution < -0.4 is 35.1 Å². The zero-order valence-corrected chi connectivity index (χ0v) is 26.0. The Kier molecular flexibility index (Phi) is 11.5. The maximum atomic E-state index is 13.4. The van der Waals surface area contributed by atoms with Gasteiger partial charge in [-0.1, -0.05) is 30.0 Å². The fourth-order valence-electron chi connectivity index (χ4n) is 4.54. The SMILES string of the molecule is COc1ccc(NC(=O)CSc2nc3ccccc3c(=O)n2CCCC(=O)NCCc2ccc(OC)c(OC)c2)c(OC)c1. The van der Waals surface area contributed by atoms with Crippen LogP contribution in [-0.4, -0.2) is 62.1 Å². The van der Waals surface area contributed by atoms with Crippen molar-refractivity contribution in [2.45, 2.75) is 31.0 Å². The summed E-state index contributed by atoms with van der Waals surface area (Å²) in [5.41, 5.74) is 1.83. The molecule has 0 saturated carbocycles. The number of nitrogens with zero attached hydrogens (tertiary/aromatic N) is 2. The van der Waals surface area contributed by atoms with E-state index in [9.17, 15) is 14.4 Å². The number of fused-ring (bicyclic) bond motifs is 1. The first-order chi connectivity index (χ1) is 21.4. The number of hydrogen-bond acceptors (Lipinski definition) is 9. The Morgan fingerprint density at radius 3 is 2.39 bits per heavy atom. The molecule has 3 aromatic carbocycles. The summed E-state index contributed by atoms with van der Waals surface area (Å²) in [4.78, 5) is 43.5. The molecule has 2 N–H and O–H groups in total. The summed E-state index contributed by atoms with van der Waals surface area (Å²) < 4.78 is 22.7. The zero-order chi connectivity index (χ0) is 31.5. The van der Waals surface area contributed by atoms with E-state index in [1.807, 2.05) is 24.3 Å². The van der Waals surface area contributed by atoms with E-state index in [0.29, 0.717) is 64.1 Å². The Morgan fingerprint density at radius 2 is 1.64 bits per heavy atom. The molecule has 44 heavy (non-hydrogen) atoms. The number of hydrogen-bond donors (Lipinski definition) is 2. The lowest BCUT2D eigenvalue weighted by Crippen LogP contribution is -2.27. The average molecular weight is 621 g/mol. The number of nitrogens with one attached hydrogen (secondary N) is 2. The van der Waals surface area contributed by atoms with Crippen LogP contribution >= 0.6 is 11.8 Å². The third kappa shape index (κ3) is 8.22. The number of para-hydroxylation sites is 1. The molecule has 1 heterocycles. The molecular formula is C32H36N4O7S. The van der Waals surface area contributed by atoms with Crippen molar-refractivity contribution in [3.8, 4) is 23.0 Å². The molecule has 0 saturated heterocycles. The molecule has 4 rings (SSSR count). The molecule has 0 aliphatic rings. The summed E-state index contributed by atoms with van der Waals surface area (Å²) in [6.45, 7) is 0.733. The first kappa shape index (κ1) is 32.2. The van der Waals surface area contributed by atoms with E-state index in [-0.39, 0.29) is 36.1 Å². The quantitative estimate of drug-likeness (QED) is 0.148. The van der Waals surface area contributed by atoms with Gasteiger partial charge in [0.15, 0.2) is 16.7 Å². The van der Waals surface area contributed by atoms with Crippen molar-refractivity contribution in [1.29, 1.82) is 0 Å². The van der Waals surface area contributed by atoms with Crippen LogP contribution in [0.4, 0.5) is 5.69 Å². The maximum absolute atomic E-state index is 13.4. The summed E-state index contributed by atoms with van der Waals surface area (Å²) in [7, 11) is 6.22. The van der Waals surface area contributed by atoms with Crippen LogP contribution in [0.5, 0.6) is 23.0 Å². The predicted molar refractivity (Wildman–Crippen MR) is 170 cm³/mol. The number of carbonyl (C=O) groups is 2.